The lowest BCUT2D eigenvalue weighted by Crippen LogP contribution is -2.49. The second kappa shape index (κ2) is 5.14. The lowest BCUT2D eigenvalue weighted by Gasteiger charge is -2.25. The van der Waals surface area contributed by atoms with Gasteiger partial charge in [0.05, 0.1) is 7.11 Å². The molecule has 1 heterocycles. The Morgan fingerprint density at radius 1 is 1.33 bits per heavy atom. The second-order valence-corrected chi connectivity index (χ2v) is 3.87. The van der Waals surface area contributed by atoms with E-state index in [9.17, 15) is 0 Å². The Labute approximate surface area is 90.8 Å². The number of piperazine rings is 1. The van der Waals surface area contributed by atoms with Gasteiger partial charge in [-0.3, -0.25) is 0 Å². The molecule has 1 aliphatic rings. The van der Waals surface area contributed by atoms with Crippen LogP contribution in [0.2, 0.25) is 0 Å². The highest BCUT2D eigenvalue weighted by Crippen LogP contribution is 2.18. The van der Waals surface area contributed by atoms with Crippen LogP contribution < -0.4 is 15.4 Å². The van der Waals surface area contributed by atoms with Gasteiger partial charge in [-0.2, -0.15) is 0 Å². The zero-order valence-electron chi connectivity index (χ0n) is 9.12. The number of ether oxygens (including phenoxy) is 1. The molecule has 3 heteroatoms. The van der Waals surface area contributed by atoms with Crippen LogP contribution in [0.3, 0.4) is 0 Å². The van der Waals surface area contributed by atoms with Crippen molar-refractivity contribution in [2.24, 2.45) is 0 Å². The predicted molar refractivity (Wildman–Crippen MR) is 61.4 cm³/mol. The van der Waals surface area contributed by atoms with Gasteiger partial charge in [-0.05, 0) is 18.1 Å². The van der Waals surface area contributed by atoms with Crippen molar-refractivity contribution in [2.75, 3.05) is 26.7 Å². The van der Waals surface area contributed by atoms with Crippen LogP contribution in [0.1, 0.15) is 5.56 Å². The van der Waals surface area contributed by atoms with E-state index in [1.807, 2.05) is 12.1 Å². The number of methoxy groups -OCH3 is 1. The van der Waals surface area contributed by atoms with E-state index in [1.165, 1.54) is 5.56 Å². The van der Waals surface area contributed by atoms with Crippen LogP contribution >= 0.6 is 0 Å². The summed E-state index contributed by atoms with van der Waals surface area (Å²) >= 11 is 0. The third-order valence-corrected chi connectivity index (χ3v) is 2.78. The summed E-state index contributed by atoms with van der Waals surface area (Å²) in [6.45, 7) is 3.17. The first-order valence-corrected chi connectivity index (χ1v) is 5.46. The van der Waals surface area contributed by atoms with Gasteiger partial charge in [-0.15, -0.1) is 0 Å². The molecule has 1 fully saturated rings. The third kappa shape index (κ3) is 2.70. The topological polar surface area (TPSA) is 33.3 Å². The number of hydrogen-bond acceptors (Lipinski definition) is 3. The van der Waals surface area contributed by atoms with Crippen LogP contribution in [0.4, 0.5) is 0 Å². The highest BCUT2D eigenvalue weighted by molar-refractivity contribution is 5.33. The van der Waals surface area contributed by atoms with E-state index < -0.39 is 0 Å². The van der Waals surface area contributed by atoms with E-state index in [0.717, 1.165) is 31.8 Å². The minimum absolute atomic E-state index is 0.523. The molecular weight excluding hydrogens is 188 g/mol. The number of rotatable bonds is 3. The summed E-state index contributed by atoms with van der Waals surface area (Å²) in [5.41, 5.74) is 1.28. The molecule has 0 bridgehead atoms. The predicted octanol–water partition coefficient (Wildman–Crippen LogP) is 0.799. The average molecular weight is 206 g/mol. The molecule has 0 amide bonds. The molecule has 0 saturated carbocycles. The Morgan fingerprint density at radius 3 is 2.93 bits per heavy atom. The Balaban J connectivity index is 2.02. The van der Waals surface area contributed by atoms with Crippen LogP contribution in [0, 0.1) is 0 Å². The second-order valence-electron chi connectivity index (χ2n) is 3.87. The van der Waals surface area contributed by atoms with Gasteiger partial charge in [0.25, 0.3) is 0 Å². The Hall–Kier alpha value is -1.06. The lowest BCUT2D eigenvalue weighted by molar-refractivity contribution is 0.391. The number of nitrogens with one attached hydrogen (secondary N) is 2. The third-order valence-electron chi connectivity index (χ3n) is 2.78. The van der Waals surface area contributed by atoms with E-state index in [0.29, 0.717) is 6.04 Å². The largest absolute Gasteiger partial charge is 0.496 e. The first-order chi connectivity index (χ1) is 7.40. The summed E-state index contributed by atoms with van der Waals surface area (Å²) in [6.07, 6.45) is 1.02. The van der Waals surface area contributed by atoms with Crippen LogP contribution in [-0.2, 0) is 6.42 Å². The molecule has 2 N–H and O–H groups in total. The van der Waals surface area contributed by atoms with Gasteiger partial charge >= 0.3 is 0 Å². The van der Waals surface area contributed by atoms with E-state index in [2.05, 4.69) is 22.8 Å². The molecule has 1 atom stereocenters. The summed E-state index contributed by atoms with van der Waals surface area (Å²) in [7, 11) is 1.73. The minimum atomic E-state index is 0.523. The average Bonchev–Trinajstić information content (AvgIpc) is 2.31. The maximum absolute atomic E-state index is 5.34. The fourth-order valence-corrected chi connectivity index (χ4v) is 1.99. The van der Waals surface area contributed by atoms with Gasteiger partial charge in [-0.1, -0.05) is 18.2 Å². The highest BCUT2D eigenvalue weighted by Gasteiger charge is 2.14. The molecule has 1 aromatic carbocycles. The normalized spacial score (nSPS) is 21.3. The van der Waals surface area contributed by atoms with Crippen molar-refractivity contribution in [2.45, 2.75) is 12.5 Å². The summed E-state index contributed by atoms with van der Waals surface area (Å²) in [6, 6.07) is 8.75. The number of hydrogen-bond donors (Lipinski definition) is 2. The molecule has 2 rings (SSSR count). The van der Waals surface area contributed by atoms with Crippen LogP contribution in [-0.4, -0.2) is 32.8 Å². The lowest BCUT2D eigenvalue weighted by atomic mass is 10.0. The van der Waals surface area contributed by atoms with Gasteiger partial charge in [0.1, 0.15) is 5.75 Å². The quantitative estimate of drug-likeness (QED) is 0.767. The van der Waals surface area contributed by atoms with Gasteiger partial charge in [-0.25, -0.2) is 0 Å². The van der Waals surface area contributed by atoms with Crippen molar-refractivity contribution in [3.63, 3.8) is 0 Å². The highest BCUT2D eigenvalue weighted by atomic mass is 16.5. The van der Waals surface area contributed by atoms with Crippen molar-refractivity contribution in [3.8, 4) is 5.75 Å². The molecule has 0 aromatic heterocycles. The number of para-hydroxylation sites is 1. The first-order valence-electron chi connectivity index (χ1n) is 5.46. The van der Waals surface area contributed by atoms with Gasteiger partial charge in [0.15, 0.2) is 0 Å². The Bertz CT molecular complexity index is 308. The van der Waals surface area contributed by atoms with Crippen molar-refractivity contribution in [1.82, 2.24) is 10.6 Å². The van der Waals surface area contributed by atoms with Crippen LogP contribution in [0.25, 0.3) is 0 Å². The monoisotopic (exact) mass is 206 g/mol. The van der Waals surface area contributed by atoms with E-state index in [-0.39, 0.29) is 0 Å². The number of benzene rings is 1. The summed E-state index contributed by atoms with van der Waals surface area (Å²) in [5.74, 6) is 0.991. The molecule has 1 aliphatic heterocycles. The standard InChI is InChI=1S/C12H18N2O/c1-15-12-5-3-2-4-10(12)8-11-9-13-6-7-14-11/h2-5,11,13-14H,6-9H2,1H3/t11-/m0/s1. The van der Waals surface area contributed by atoms with Crippen molar-refractivity contribution >= 4 is 0 Å². The zero-order chi connectivity index (χ0) is 10.5. The summed E-state index contributed by atoms with van der Waals surface area (Å²) in [4.78, 5) is 0. The molecular formula is C12H18N2O. The molecule has 0 aliphatic carbocycles. The zero-order valence-corrected chi connectivity index (χ0v) is 9.12. The van der Waals surface area contributed by atoms with Gasteiger partial charge in [0.2, 0.25) is 0 Å². The van der Waals surface area contributed by atoms with Gasteiger partial charge in [0, 0.05) is 25.7 Å². The van der Waals surface area contributed by atoms with Crippen LogP contribution in [0.15, 0.2) is 24.3 Å². The van der Waals surface area contributed by atoms with Crippen molar-refractivity contribution in [3.05, 3.63) is 29.8 Å². The Kier molecular flexibility index (Phi) is 3.59. The SMILES string of the molecule is COc1ccccc1C[C@H]1CNCCN1. The maximum atomic E-state index is 5.34. The maximum Gasteiger partial charge on any atom is 0.122 e. The molecule has 1 saturated heterocycles. The summed E-state index contributed by atoms with van der Waals surface area (Å²) in [5, 5.41) is 6.89. The fourth-order valence-electron chi connectivity index (χ4n) is 1.99. The van der Waals surface area contributed by atoms with E-state index in [4.69, 9.17) is 4.74 Å². The summed E-state index contributed by atoms with van der Waals surface area (Å²) < 4.78 is 5.34. The molecule has 82 valence electrons. The molecule has 1 aromatic rings. The molecule has 15 heavy (non-hydrogen) atoms. The molecule has 3 nitrogen and oxygen atoms in total. The molecule has 0 spiro atoms. The van der Waals surface area contributed by atoms with Gasteiger partial charge < -0.3 is 15.4 Å². The Morgan fingerprint density at radius 2 is 2.20 bits per heavy atom. The van der Waals surface area contributed by atoms with Crippen molar-refractivity contribution in [1.29, 1.82) is 0 Å². The smallest absolute Gasteiger partial charge is 0.122 e. The van der Waals surface area contributed by atoms with E-state index in [1.54, 1.807) is 7.11 Å². The first kappa shape index (κ1) is 10.5. The van der Waals surface area contributed by atoms with Crippen LogP contribution in [0.5, 0.6) is 5.75 Å². The molecule has 0 radical (unpaired) electrons. The minimum Gasteiger partial charge on any atom is -0.496 e. The fraction of sp³-hybridized carbons (Fsp3) is 0.500. The molecule has 0 unspecified atom stereocenters. The van der Waals surface area contributed by atoms with Crippen molar-refractivity contribution < 1.29 is 4.74 Å². The van der Waals surface area contributed by atoms with E-state index >= 15 is 0 Å².